The van der Waals surface area contributed by atoms with E-state index in [0.29, 0.717) is 6.42 Å². The minimum absolute atomic E-state index is 0.176. The van der Waals surface area contributed by atoms with Crippen molar-refractivity contribution in [2.75, 3.05) is 20.1 Å². The highest BCUT2D eigenvalue weighted by Crippen LogP contribution is 2.16. The Morgan fingerprint density at radius 1 is 1.41 bits per heavy atom. The van der Waals surface area contributed by atoms with E-state index in [1.54, 1.807) is 12.1 Å². The van der Waals surface area contributed by atoms with E-state index in [0.717, 1.165) is 31.5 Å². The summed E-state index contributed by atoms with van der Waals surface area (Å²) in [6.45, 7) is 1.79. The lowest BCUT2D eigenvalue weighted by Gasteiger charge is -2.15. The molecule has 0 saturated heterocycles. The number of hydrogen-bond donors (Lipinski definition) is 0. The number of hydrogen-bond acceptors (Lipinski definition) is 2. The SMILES string of the molecule is CN(CCCC#N)CCc1ccc(F)c(Cl)c1. The van der Waals surface area contributed by atoms with Gasteiger partial charge in [-0.15, -0.1) is 0 Å². The number of nitriles is 1. The molecule has 1 aromatic carbocycles. The van der Waals surface area contributed by atoms with Crippen molar-refractivity contribution < 1.29 is 4.39 Å². The first kappa shape index (κ1) is 14.0. The summed E-state index contributed by atoms with van der Waals surface area (Å²) in [7, 11) is 2.02. The van der Waals surface area contributed by atoms with Gasteiger partial charge in [-0.1, -0.05) is 17.7 Å². The number of benzene rings is 1. The zero-order chi connectivity index (χ0) is 12.7. The first-order chi connectivity index (χ1) is 8.13. The Hall–Kier alpha value is -1.11. The van der Waals surface area contributed by atoms with E-state index < -0.39 is 0 Å². The molecular weight excluding hydrogens is 239 g/mol. The second-order valence-corrected chi connectivity index (χ2v) is 4.47. The molecule has 0 aromatic heterocycles. The third-order valence-electron chi connectivity index (χ3n) is 2.59. The van der Waals surface area contributed by atoms with E-state index in [1.807, 2.05) is 7.05 Å². The largest absolute Gasteiger partial charge is 0.306 e. The zero-order valence-electron chi connectivity index (χ0n) is 9.92. The Bertz CT molecular complexity index is 401. The van der Waals surface area contributed by atoms with E-state index in [9.17, 15) is 4.39 Å². The molecule has 1 aromatic rings. The van der Waals surface area contributed by atoms with Gasteiger partial charge in [0.15, 0.2) is 0 Å². The standard InChI is InChI=1S/C13H16ClFN2/c1-17(8-3-2-7-16)9-6-11-4-5-13(15)12(14)10-11/h4-5,10H,2-3,6,8-9H2,1H3. The minimum atomic E-state index is -0.377. The van der Waals surface area contributed by atoms with Crippen LogP contribution in [0.4, 0.5) is 4.39 Å². The molecule has 0 aliphatic carbocycles. The third-order valence-corrected chi connectivity index (χ3v) is 2.88. The van der Waals surface area contributed by atoms with Crippen molar-refractivity contribution in [2.45, 2.75) is 19.3 Å². The van der Waals surface area contributed by atoms with Gasteiger partial charge in [-0.3, -0.25) is 0 Å². The summed E-state index contributed by atoms with van der Waals surface area (Å²) < 4.78 is 12.9. The van der Waals surface area contributed by atoms with E-state index in [4.69, 9.17) is 16.9 Å². The number of halogens is 2. The first-order valence-electron chi connectivity index (χ1n) is 5.63. The smallest absolute Gasteiger partial charge is 0.141 e. The summed E-state index contributed by atoms with van der Waals surface area (Å²) in [5.41, 5.74) is 1.03. The second kappa shape index (κ2) is 7.26. The Labute approximate surface area is 107 Å². The molecule has 0 fully saturated rings. The van der Waals surface area contributed by atoms with E-state index in [1.165, 1.54) is 6.07 Å². The molecule has 4 heteroatoms. The summed E-state index contributed by atoms with van der Waals surface area (Å²) in [5.74, 6) is -0.377. The lowest BCUT2D eigenvalue weighted by molar-refractivity contribution is 0.335. The summed E-state index contributed by atoms with van der Waals surface area (Å²) >= 11 is 5.71. The van der Waals surface area contributed by atoms with Crippen LogP contribution < -0.4 is 0 Å². The molecule has 17 heavy (non-hydrogen) atoms. The van der Waals surface area contributed by atoms with Gasteiger partial charge in [0.1, 0.15) is 5.82 Å². The van der Waals surface area contributed by atoms with Crippen LogP contribution >= 0.6 is 11.6 Å². The van der Waals surface area contributed by atoms with Gasteiger partial charge in [-0.2, -0.15) is 5.26 Å². The molecule has 0 spiro atoms. The van der Waals surface area contributed by atoms with Gasteiger partial charge in [-0.25, -0.2) is 4.39 Å². The van der Waals surface area contributed by atoms with Crippen LogP contribution in [0.2, 0.25) is 5.02 Å². The number of unbranched alkanes of at least 4 members (excludes halogenated alkanes) is 1. The van der Waals surface area contributed by atoms with E-state index in [2.05, 4.69) is 11.0 Å². The predicted octanol–water partition coefficient (Wildman–Crippen LogP) is 3.26. The van der Waals surface area contributed by atoms with Crippen molar-refractivity contribution in [1.29, 1.82) is 5.26 Å². The minimum Gasteiger partial charge on any atom is -0.306 e. The monoisotopic (exact) mass is 254 g/mol. The first-order valence-corrected chi connectivity index (χ1v) is 6.00. The highest BCUT2D eigenvalue weighted by Gasteiger charge is 2.03. The highest BCUT2D eigenvalue weighted by molar-refractivity contribution is 6.30. The zero-order valence-corrected chi connectivity index (χ0v) is 10.7. The van der Waals surface area contributed by atoms with Gasteiger partial charge in [0.25, 0.3) is 0 Å². The molecule has 0 saturated carbocycles. The fourth-order valence-electron chi connectivity index (χ4n) is 1.55. The van der Waals surface area contributed by atoms with Crippen LogP contribution in [0.5, 0.6) is 0 Å². The van der Waals surface area contributed by atoms with Gasteiger partial charge in [0.2, 0.25) is 0 Å². The molecule has 0 heterocycles. The van der Waals surface area contributed by atoms with Crippen molar-refractivity contribution in [1.82, 2.24) is 4.90 Å². The Balaban J connectivity index is 2.34. The van der Waals surface area contributed by atoms with Gasteiger partial charge < -0.3 is 4.90 Å². The van der Waals surface area contributed by atoms with Crippen LogP contribution in [-0.4, -0.2) is 25.0 Å². The number of rotatable bonds is 6. The molecule has 0 radical (unpaired) electrons. The van der Waals surface area contributed by atoms with Gasteiger partial charge >= 0.3 is 0 Å². The quantitative estimate of drug-likeness (QED) is 0.729. The average molecular weight is 255 g/mol. The van der Waals surface area contributed by atoms with Crippen LogP contribution in [0, 0.1) is 17.1 Å². The fourth-order valence-corrected chi connectivity index (χ4v) is 1.76. The number of nitrogens with zero attached hydrogens (tertiary/aromatic N) is 2. The molecule has 0 N–H and O–H groups in total. The summed E-state index contributed by atoms with van der Waals surface area (Å²) in [6, 6.07) is 6.94. The average Bonchev–Trinajstić information content (AvgIpc) is 2.31. The van der Waals surface area contributed by atoms with Crippen LogP contribution in [-0.2, 0) is 6.42 Å². The van der Waals surface area contributed by atoms with Crippen molar-refractivity contribution in [2.24, 2.45) is 0 Å². The topological polar surface area (TPSA) is 27.0 Å². The molecule has 0 atom stereocenters. The predicted molar refractivity (Wildman–Crippen MR) is 67.5 cm³/mol. The molecule has 0 aliphatic heterocycles. The van der Waals surface area contributed by atoms with Crippen molar-refractivity contribution in [3.63, 3.8) is 0 Å². The Morgan fingerprint density at radius 2 is 2.18 bits per heavy atom. The second-order valence-electron chi connectivity index (χ2n) is 4.06. The third kappa shape index (κ3) is 5.16. The van der Waals surface area contributed by atoms with Crippen LogP contribution in [0.25, 0.3) is 0 Å². The molecule has 1 rings (SSSR count). The lowest BCUT2D eigenvalue weighted by atomic mass is 10.1. The lowest BCUT2D eigenvalue weighted by Crippen LogP contribution is -2.22. The van der Waals surface area contributed by atoms with E-state index in [-0.39, 0.29) is 10.8 Å². The Kier molecular flexibility index (Phi) is 5.96. The highest BCUT2D eigenvalue weighted by atomic mass is 35.5. The van der Waals surface area contributed by atoms with Crippen molar-refractivity contribution >= 4 is 11.6 Å². The maximum absolute atomic E-state index is 12.9. The van der Waals surface area contributed by atoms with Crippen molar-refractivity contribution in [3.05, 3.63) is 34.6 Å². The van der Waals surface area contributed by atoms with Crippen LogP contribution in [0.1, 0.15) is 18.4 Å². The maximum atomic E-state index is 12.9. The summed E-state index contributed by atoms with van der Waals surface area (Å²) in [6.07, 6.45) is 2.31. The van der Waals surface area contributed by atoms with E-state index >= 15 is 0 Å². The molecule has 92 valence electrons. The maximum Gasteiger partial charge on any atom is 0.141 e. The normalized spacial score (nSPS) is 10.5. The summed E-state index contributed by atoms with van der Waals surface area (Å²) in [4.78, 5) is 2.16. The fraction of sp³-hybridized carbons (Fsp3) is 0.462. The van der Waals surface area contributed by atoms with Crippen molar-refractivity contribution in [3.8, 4) is 6.07 Å². The van der Waals surface area contributed by atoms with Crippen LogP contribution in [0.3, 0.4) is 0 Å². The molecular formula is C13H16ClFN2. The summed E-state index contributed by atoms with van der Waals surface area (Å²) in [5, 5.41) is 8.60. The molecule has 0 bridgehead atoms. The number of likely N-dealkylation sites (N-methyl/N-ethyl adjacent to an activating group) is 1. The molecule has 0 aliphatic rings. The molecule has 0 unspecified atom stereocenters. The molecule has 0 amide bonds. The molecule has 2 nitrogen and oxygen atoms in total. The van der Waals surface area contributed by atoms with Gasteiger partial charge in [0, 0.05) is 13.0 Å². The Morgan fingerprint density at radius 3 is 2.82 bits per heavy atom. The van der Waals surface area contributed by atoms with Gasteiger partial charge in [-0.05, 0) is 44.1 Å². The van der Waals surface area contributed by atoms with Crippen LogP contribution in [0.15, 0.2) is 18.2 Å². The van der Waals surface area contributed by atoms with Gasteiger partial charge in [0.05, 0.1) is 11.1 Å².